The van der Waals surface area contributed by atoms with Crippen LogP contribution < -0.4 is 20.1 Å². The molecule has 4 saturated carbocycles. The van der Waals surface area contributed by atoms with Crippen molar-refractivity contribution in [1.82, 2.24) is 30.2 Å². The molecule has 1 aromatic carbocycles. The first kappa shape index (κ1) is 42.6. The Bertz CT molecular complexity index is 2370. The summed E-state index contributed by atoms with van der Waals surface area (Å²) >= 11 is 0. The highest BCUT2D eigenvalue weighted by Crippen LogP contribution is 2.58. The minimum atomic E-state index is -4.32. The minimum absolute atomic E-state index is 0.0332. The van der Waals surface area contributed by atoms with Gasteiger partial charge in [0.15, 0.2) is 5.69 Å². The van der Waals surface area contributed by atoms with Gasteiger partial charge in [0, 0.05) is 6.42 Å². The Labute approximate surface area is 349 Å². The molecule has 9 atom stereocenters. The molecule has 5 fully saturated rings. The number of nitrogens with one attached hydrogen (secondary N) is 3. The van der Waals surface area contributed by atoms with Gasteiger partial charge in [-0.1, -0.05) is 26.8 Å². The number of nitrogens with zero attached hydrogens (tertiary/aromatic N) is 4. The molecular formula is C41H47F4N7O8S. The number of ether oxygens (including phenoxy) is 2. The Kier molecular flexibility index (Phi) is 10.3. The normalized spacial score (nSPS) is 33.3. The summed E-state index contributed by atoms with van der Waals surface area (Å²) in [6.45, 7) is 5.90. The fourth-order valence-electron chi connectivity index (χ4n) is 9.13. The molecule has 328 valence electrons. The van der Waals surface area contributed by atoms with Gasteiger partial charge in [-0.15, -0.1) is 0 Å². The summed E-state index contributed by atoms with van der Waals surface area (Å²) in [6.07, 6.45) is -2.29. The van der Waals surface area contributed by atoms with Crippen LogP contribution in [0.3, 0.4) is 0 Å². The number of hydrogen-bond donors (Lipinski definition) is 3. The van der Waals surface area contributed by atoms with Crippen LogP contribution in [0.15, 0.2) is 30.4 Å². The maximum atomic E-state index is 16.3. The van der Waals surface area contributed by atoms with Gasteiger partial charge >= 0.3 is 12.0 Å². The highest BCUT2D eigenvalue weighted by molar-refractivity contribution is 7.91. The lowest BCUT2D eigenvalue weighted by atomic mass is 9.85. The highest BCUT2D eigenvalue weighted by atomic mass is 32.2. The Hall–Kier alpha value is -5.06. The van der Waals surface area contributed by atoms with Crippen LogP contribution in [-0.4, -0.2) is 94.6 Å². The van der Waals surface area contributed by atoms with Crippen molar-refractivity contribution in [2.75, 3.05) is 6.54 Å². The Morgan fingerprint density at radius 2 is 1.80 bits per heavy atom. The second-order valence-electron chi connectivity index (χ2n) is 18.7. The Morgan fingerprint density at radius 3 is 2.46 bits per heavy atom. The lowest BCUT2D eigenvalue weighted by Crippen LogP contribution is -2.60. The molecule has 2 bridgehead atoms. The molecule has 1 aromatic heterocycles. The second-order valence-corrected chi connectivity index (χ2v) is 20.9. The zero-order valence-corrected chi connectivity index (χ0v) is 34.7. The first-order valence-electron chi connectivity index (χ1n) is 20.4. The predicted octanol–water partition coefficient (Wildman–Crippen LogP) is 4.60. The number of carbonyl (C=O) groups is 4. The molecule has 2 aromatic rings. The van der Waals surface area contributed by atoms with Crippen molar-refractivity contribution < 1.29 is 54.6 Å². The first-order valence-corrected chi connectivity index (χ1v) is 21.9. The average molecular weight is 874 g/mol. The lowest BCUT2D eigenvalue weighted by Gasteiger charge is -2.36. The number of alkyl carbamates (subject to hydrolysis) is 1. The highest BCUT2D eigenvalue weighted by Gasteiger charge is 2.67. The quantitative estimate of drug-likeness (QED) is 0.270. The molecule has 61 heavy (non-hydrogen) atoms. The van der Waals surface area contributed by atoms with Crippen LogP contribution in [0.2, 0.25) is 0 Å². The molecule has 4 aliphatic carbocycles. The van der Waals surface area contributed by atoms with Crippen molar-refractivity contribution in [2.24, 2.45) is 29.1 Å². The van der Waals surface area contributed by atoms with Gasteiger partial charge in [0.05, 0.1) is 39.9 Å². The number of rotatable bonds is 6. The van der Waals surface area contributed by atoms with Gasteiger partial charge in [-0.3, -0.25) is 19.1 Å². The number of halogens is 4. The van der Waals surface area contributed by atoms with Crippen LogP contribution in [0.1, 0.15) is 90.3 Å². The van der Waals surface area contributed by atoms with Crippen molar-refractivity contribution in [3.63, 3.8) is 0 Å². The Balaban J connectivity index is 1.17. The third kappa shape index (κ3) is 7.98. The topological polar surface area (TPSA) is 210 Å². The van der Waals surface area contributed by atoms with Crippen LogP contribution in [0.4, 0.5) is 22.4 Å². The molecule has 0 unspecified atom stereocenters. The lowest BCUT2D eigenvalue weighted by molar-refractivity contribution is -0.143. The van der Waals surface area contributed by atoms with E-state index in [0.29, 0.717) is 24.8 Å². The van der Waals surface area contributed by atoms with E-state index in [9.17, 15) is 41.6 Å². The van der Waals surface area contributed by atoms with Crippen molar-refractivity contribution in [3.05, 3.63) is 41.6 Å². The monoisotopic (exact) mass is 873 g/mol. The standard InChI is InChI=1S/C41H47F4N7O8S/c1-38(2,3)31-35(54)52-19-22(16-28(52)33(53)50-40(17-25(40)32(42)43)36(55)51-61(57,58)39(4)11-12-39)59-34-30(47-26-9-8-20(18-46)13-27(26)48-34)41(44,45)10-6-5-7-23-24-14-21(24)15-29(23)60-37(56)49-31/h6,8-10,13,21-25,28-29,31-32H,5,7,11-12,14-17,19H2,1-4H3,(H,49,56)(H,50,53)(H,51,55)/b10-6+/t21-,22-,23+,24-,25-,28-,29+,31+,40+/m0/s1. The maximum Gasteiger partial charge on any atom is 0.408 e. The van der Waals surface area contributed by atoms with Crippen molar-refractivity contribution >= 4 is 44.9 Å². The van der Waals surface area contributed by atoms with E-state index >= 15 is 8.78 Å². The van der Waals surface area contributed by atoms with Crippen LogP contribution in [0, 0.1) is 40.4 Å². The summed E-state index contributed by atoms with van der Waals surface area (Å²) < 4.78 is 99.8. The molecule has 1 saturated heterocycles. The van der Waals surface area contributed by atoms with Gasteiger partial charge in [0.1, 0.15) is 29.8 Å². The Morgan fingerprint density at radius 1 is 1.07 bits per heavy atom. The molecule has 2 aliphatic heterocycles. The molecule has 6 aliphatic rings. The number of carbonyl (C=O) groups excluding carboxylic acids is 4. The van der Waals surface area contributed by atoms with Gasteiger partial charge in [0.2, 0.25) is 34.1 Å². The van der Waals surface area contributed by atoms with Gasteiger partial charge in [-0.25, -0.2) is 32.0 Å². The van der Waals surface area contributed by atoms with E-state index in [0.717, 1.165) is 11.3 Å². The van der Waals surface area contributed by atoms with Crippen LogP contribution >= 0.6 is 0 Å². The fraction of sp³-hybridized carbons (Fsp3) is 0.634. The van der Waals surface area contributed by atoms with E-state index in [-0.39, 0.29) is 47.7 Å². The molecule has 0 spiro atoms. The number of fused-ring (bicyclic) bond motifs is 7. The maximum absolute atomic E-state index is 16.3. The average Bonchev–Trinajstić information content (AvgIpc) is 4.14. The number of alkyl halides is 4. The first-order chi connectivity index (χ1) is 28.6. The smallest absolute Gasteiger partial charge is 0.408 e. The number of aromatic nitrogens is 2. The van der Waals surface area contributed by atoms with Gasteiger partial charge in [-0.2, -0.15) is 14.0 Å². The predicted molar refractivity (Wildman–Crippen MR) is 207 cm³/mol. The molecule has 3 N–H and O–H groups in total. The zero-order valence-electron chi connectivity index (χ0n) is 33.9. The van der Waals surface area contributed by atoms with E-state index in [1.54, 1.807) is 20.8 Å². The molecule has 15 nitrogen and oxygen atoms in total. The summed E-state index contributed by atoms with van der Waals surface area (Å²) in [7, 11) is -4.32. The van der Waals surface area contributed by atoms with Crippen LogP contribution in [0.25, 0.3) is 11.0 Å². The van der Waals surface area contributed by atoms with Gasteiger partial charge in [-0.05, 0) is 99.3 Å². The van der Waals surface area contributed by atoms with E-state index < -0.39 is 123 Å². The molecule has 0 radical (unpaired) electrons. The zero-order chi connectivity index (χ0) is 44.0. The van der Waals surface area contributed by atoms with Crippen molar-refractivity contribution in [2.45, 2.75) is 126 Å². The number of amides is 4. The van der Waals surface area contributed by atoms with Crippen LogP contribution in [-0.2, 0) is 35.1 Å². The summed E-state index contributed by atoms with van der Waals surface area (Å²) in [5.41, 5.74) is -4.04. The fourth-order valence-corrected chi connectivity index (χ4v) is 10.4. The molecule has 20 heteroatoms. The number of sulfonamides is 1. The summed E-state index contributed by atoms with van der Waals surface area (Å²) in [4.78, 5) is 65.8. The van der Waals surface area contributed by atoms with E-state index in [1.807, 2.05) is 10.8 Å². The third-order valence-corrected chi connectivity index (χ3v) is 15.4. The summed E-state index contributed by atoms with van der Waals surface area (Å²) in [5.74, 6) is -9.06. The van der Waals surface area contributed by atoms with Crippen molar-refractivity contribution in [1.29, 1.82) is 5.26 Å². The summed E-state index contributed by atoms with van der Waals surface area (Å²) in [5, 5.41) is 14.5. The number of allylic oxidation sites excluding steroid dienone is 2. The molecule has 4 amide bonds. The molecular weight excluding hydrogens is 827 g/mol. The minimum Gasteiger partial charge on any atom is -0.471 e. The number of nitriles is 1. The summed E-state index contributed by atoms with van der Waals surface area (Å²) in [6, 6.07) is 3.08. The molecule has 3 heterocycles. The van der Waals surface area contributed by atoms with E-state index in [2.05, 4.69) is 20.6 Å². The number of benzene rings is 1. The van der Waals surface area contributed by atoms with E-state index in [4.69, 9.17) is 9.47 Å². The third-order valence-electron chi connectivity index (χ3n) is 13.3. The number of hydrogen-bond acceptors (Lipinski definition) is 11. The second kappa shape index (κ2) is 14.8. The molecule has 8 rings (SSSR count). The van der Waals surface area contributed by atoms with Crippen molar-refractivity contribution in [3.8, 4) is 11.9 Å². The van der Waals surface area contributed by atoms with Gasteiger partial charge < -0.3 is 25.0 Å². The van der Waals surface area contributed by atoms with Gasteiger partial charge in [0.25, 0.3) is 5.91 Å². The largest absolute Gasteiger partial charge is 0.471 e. The SMILES string of the molecule is CC(C)(C)[C@@H]1NC(=O)O[C@@H]2C[C@@H]3C[C@@H]3[C@H]2CC/C=C/C(F)(F)c2nc3ccc(C#N)cc3nc2O[C@H]2C[C@@H](C(=O)N[C@]3(C(=O)NS(=O)(=O)C4(C)CC4)C[C@H]3C(F)F)N(C2)C1=O. The van der Waals surface area contributed by atoms with E-state index in [1.165, 1.54) is 31.2 Å². The van der Waals surface area contributed by atoms with Crippen LogP contribution in [0.5, 0.6) is 5.88 Å².